The van der Waals surface area contributed by atoms with Crippen LogP contribution in [0, 0.1) is 0 Å². The van der Waals surface area contributed by atoms with E-state index in [2.05, 4.69) is 20.9 Å². The van der Waals surface area contributed by atoms with E-state index in [4.69, 9.17) is 22.9 Å². The van der Waals surface area contributed by atoms with Gasteiger partial charge in [-0.1, -0.05) is 18.2 Å². The molecule has 0 radical (unpaired) electrons. The number of carboxylic acids is 1. The first kappa shape index (κ1) is 33.2. The number of unbranched alkanes of at least 4 members (excludes halogenated alkanes) is 2. The van der Waals surface area contributed by atoms with Crippen LogP contribution in [0.25, 0.3) is 10.9 Å². The second kappa shape index (κ2) is 16.9. The minimum atomic E-state index is -1.45. The van der Waals surface area contributed by atoms with Crippen LogP contribution in [0.5, 0.6) is 0 Å². The molecule has 1 aromatic heterocycles. The van der Waals surface area contributed by atoms with E-state index in [0.717, 1.165) is 16.5 Å². The number of primary amides is 1. The molecular weight excluding hydrogens is 532 g/mol. The summed E-state index contributed by atoms with van der Waals surface area (Å²) in [4.78, 5) is 65.6. The van der Waals surface area contributed by atoms with E-state index < -0.39 is 60.2 Å². The molecule has 4 unspecified atom stereocenters. The first-order valence-corrected chi connectivity index (χ1v) is 13.7. The molecule has 13 N–H and O–H groups in total. The van der Waals surface area contributed by atoms with E-state index in [1.807, 2.05) is 24.3 Å². The molecule has 2 rings (SSSR count). The number of nitrogens with two attached hydrogens (primary N) is 4. The minimum Gasteiger partial charge on any atom is -0.480 e. The summed E-state index contributed by atoms with van der Waals surface area (Å²) in [7, 11) is 0. The molecular formula is C27H42N8O6. The van der Waals surface area contributed by atoms with Crippen LogP contribution in [-0.2, 0) is 30.4 Å². The van der Waals surface area contributed by atoms with Crippen molar-refractivity contribution in [2.75, 3.05) is 13.1 Å². The van der Waals surface area contributed by atoms with Crippen molar-refractivity contribution in [2.24, 2.45) is 22.9 Å². The van der Waals surface area contributed by atoms with Gasteiger partial charge in [0.15, 0.2) is 0 Å². The van der Waals surface area contributed by atoms with Crippen LogP contribution in [0.3, 0.4) is 0 Å². The molecule has 0 fully saturated rings. The van der Waals surface area contributed by atoms with E-state index >= 15 is 0 Å². The molecule has 1 heterocycles. The second-order valence-electron chi connectivity index (χ2n) is 9.93. The fourth-order valence-electron chi connectivity index (χ4n) is 4.38. The molecule has 0 aliphatic heterocycles. The summed E-state index contributed by atoms with van der Waals surface area (Å²) in [6.45, 7) is 0.735. The average molecular weight is 575 g/mol. The summed E-state index contributed by atoms with van der Waals surface area (Å²) in [5, 5.41) is 17.8. The van der Waals surface area contributed by atoms with E-state index in [1.165, 1.54) is 0 Å². The molecule has 0 aliphatic carbocycles. The van der Waals surface area contributed by atoms with Gasteiger partial charge in [-0.05, 0) is 69.7 Å². The summed E-state index contributed by atoms with van der Waals surface area (Å²) in [5.41, 5.74) is 24.2. The zero-order chi connectivity index (χ0) is 30.4. The number of carbonyl (C=O) groups excluding carboxylic acids is 4. The van der Waals surface area contributed by atoms with Crippen molar-refractivity contribution in [1.29, 1.82) is 0 Å². The standard InChI is InChI=1S/C27H42N8O6/c28-11-5-3-9-20(33-24(37)18(30)13-16-15-32-19-8-2-1-7-17(16)19)25(38)35-22(14-23(31)36)26(39)34-21(27(40)41)10-4-6-12-29/h1-2,7-8,15,18,20-22,32H,3-6,9-14,28-30H2,(H2,31,36)(H,33,37)(H,34,39)(H,35,38)(H,40,41). The highest BCUT2D eigenvalue weighted by Gasteiger charge is 2.31. The van der Waals surface area contributed by atoms with Crippen molar-refractivity contribution in [1.82, 2.24) is 20.9 Å². The number of aliphatic carboxylic acids is 1. The smallest absolute Gasteiger partial charge is 0.326 e. The van der Waals surface area contributed by atoms with Crippen LogP contribution in [0.2, 0.25) is 0 Å². The maximum atomic E-state index is 13.2. The van der Waals surface area contributed by atoms with Gasteiger partial charge in [-0.2, -0.15) is 0 Å². The number of aromatic nitrogens is 1. The molecule has 14 heteroatoms. The van der Waals surface area contributed by atoms with Crippen molar-refractivity contribution >= 4 is 40.5 Å². The summed E-state index contributed by atoms with van der Waals surface area (Å²) < 4.78 is 0. The van der Waals surface area contributed by atoms with Crippen molar-refractivity contribution in [3.05, 3.63) is 36.0 Å². The molecule has 4 amide bonds. The lowest BCUT2D eigenvalue weighted by atomic mass is 10.0. The van der Waals surface area contributed by atoms with E-state index in [-0.39, 0.29) is 19.3 Å². The fourth-order valence-corrected chi connectivity index (χ4v) is 4.38. The third-order valence-corrected chi connectivity index (χ3v) is 6.63. The van der Waals surface area contributed by atoms with Crippen LogP contribution >= 0.6 is 0 Å². The lowest BCUT2D eigenvalue weighted by Crippen LogP contribution is -2.57. The molecule has 0 bridgehead atoms. The van der Waals surface area contributed by atoms with Gasteiger partial charge in [0.05, 0.1) is 12.5 Å². The number of fused-ring (bicyclic) bond motifs is 1. The molecule has 0 spiro atoms. The van der Waals surface area contributed by atoms with Crippen LogP contribution in [0.4, 0.5) is 0 Å². The van der Waals surface area contributed by atoms with Gasteiger partial charge < -0.3 is 49.0 Å². The average Bonchev–Trinajstić information content (AvgIpc) is 3.33. The van der Waals surface area contributed by atoms with Gasteiger partial charge in [0.25, 0.3) is 0 Å². The molecule has 0 aliphatic rings. The molecule has 1 aromatic carbocycles. The lowest BCUT2D eigenvalue weighted by molar-refractivity contribution is -0.142. The van der Waals surface area contributed by atoms with Gasteiger partial charge in [0.2, 0.25) is 23.6 Å². The van der Waals surface area contributed by atoms with Gasteiger partial charge in [-0.25, -0.2) is 4.79 Å². The quantitative estimate of drug-likeness (QED) is 0.0902. The molecule has 4 atom stereocenters. The van der Waals surface area contributed by atoms with Crippen LogP contribution in [0.1, 0.15) is 50.5 Å². The molecule has 0 saturated carbocycles. The largest absolute Gasteiger partial charge is 0.480 e. The Balaban J connectivity index is 2.12. The van der Waals surface area contributed by atoms with E-state index in [1.54, 1.807) is 6.20 Å². The Hall–Kier alpha value is -4.01. The van der Waals surface area contributed by atoms with Gasteiger partial charge in [-0.15, -0.1) is 0 Å². The Labute approximate surface area is 238 Å². The Bertz CT molecular complexity index is 1190. The number of carboxylic acid groups (broad SMARTS) is 1. The number of rotatable bonds is 19. The van der Waals surface area contributed by atoms with E-state index in [0.29, 0.717) is 38.8 Å². The number of para-hydroxylation sites is 1. The SMILES string of the molecule is NCCCCC(NC(=O)C(CC(N)=O)NC(=O)C(CCCCN)NC(=O)C(N)Cc1c[nH]c2ccccc12)C(=O)O. The number of hydrogen-bond donors (Lipinski definition) is 9. The Morgan fingerprint density at radius 1 is 0.805 bits per heavy atom. The van der Waals surface area contributed by atoms with Crippen molar-refractivity contribution in [3.63, 3.8) is 0 Å². The van der Waals surface area contributed by atoms with Crippen molar-refractivity contribution in [3.8, 4) is 0 Å². The zero-order valence-corrected chi connectivity index (χ0v) is 23.1. The monoisotopic (exact) mass is 574 g/mol. The Morgan fingerprint density at radius 2 is 1.37 bits per heavy atom. The summed E-state index contributed by atoms with van der Waals surface area (Å²) in [5.74, 6) is -4.36. The highest BCUT2D eigenvalue weighted by Crippen LogP contribution is 2.19. The van der Waals surface area contributed by atoms with Crippen LogP contribution < -0.4 is 38.9 Å². The minimum absolute atomic E-state index is 0.113. The zero-order valence-electron chi connectivity index (χ0n) is 23.1. The third kappa shape index (κ3) is 10.8. The van der Waals surface area contributed by atoms with Gasteiger partial charge in [-0.3, -0.25) is 19.2 Å². The topological polar surface area (TPSA) is 262 Å². The summed E-state index contributed by atoms with van der Waals surface area (Å²) in [6.07, 6.45) is 3.80. The fraction of sp³-hybridized carbons (Fsp3) is 0.519. The maximum Gasteiger partial charge on any atom is 0.326 e. The molecule has 2 aromatic rings. The Morgan fingerprint density at radius 3 is 1.98 bits per heavy atom. The number of carbonyl (C=O) groups is 5. The molecule has 41 heavy (non-hydrogen) atoms. The van der Waals surface area contributed by atoms with Crippen LogP contribution in [0.15, 0.2) is 30.5 Å². The lowest BCUT2D eigenvalue weighted by Gasteiger charge is -2.25. The Kier molecular flexibility index (Phi) is 13.7. The number of H-pyrrole nitrogens is 1. The normalized spacial score (nSPS) is 14.0. The van der Waals surface area contributed by atoms with E-state index in [9.17, 15) is 29.1 Å². The molecule has 0 saturated heterocycles. The molecule has 14 nitrogen and oxygen atoms in total. The number of nitrogens with one attached hydrogen (secondary N) is 4. The van der Waals surface area contributed by atoms with Crippen LogP contribution in [-0.4, -0.2) is 76.9 Å². The predicted molar refractivity (Wildman–Crippen MR) is 153 cm³/mol. The predicted octanol–water partition coefficient (Wildman–Crippen LogP) is -1.29. The van der Waals surface area contributed by atoms with Gasteiger partial charge in [0.1, 0.15) is 18.1 Å². The van der Waals surface area contributed by atoms with Crippen molar-refractivity contribution in [2.45, 2.75) is 75.5 Å². The second-order valence-corrected chi connectivity index (χ2v) is 9.93. The number of benzene rings is 1. The van der Waals surface area contributed by atoms with Crippen molar-refractivity contribution < 1.29 is 29.1 Å². The summed E-state index contributed by atoms with van der Waals surface area (Å²) >= 11 is 0. The van der Waals surface area contributed by atoms with Gasteiger partial charge >= 0.3 is 5.97 Å². The molecule has 226 valence electrons. The highest BCUT2D eigenvalue weighted by molar-refractivity contribution is 5.96. The first-order chi connectivity index (χ1) is 19.6. The van der Waals surface area contributed by atoms with Gasteiger partial charge in [0, 0.05) is 17.1 Å². The first-order valence-electron chi connectivity index (χ1n) is 13.7. The number of hydrogen-bond acceptors (Lipinski definition) is 8. The third-order valence-electron chi connectivity index (χ3n) is 6.63. The number of aromatic amines is 1. The maximum absolute atomic E-state index is 13.2. The highest BCUT2D eigenvalue weighted by atomic mass is 16.4. The number of amides is 4. The summed E-state index contributed by atoms with van der Waals surface area (Å²) in [6, 6.07) is 2.80.